The Labute approximate surface area is 196 Å². The van der Waals surface area contributed by atoms with Gasteiger partial charge in [0.05, 0.1) is 18.1 Å². The molecule has 3 aromatic carbocycles. The van der Waals surface area contributed by atoms with Crippen molar-refractivity contribution in [3.63, 3.8) is 0 Å². The van der Waals surface area contributed by atoms with Gasteiger partial charge in [-0.1, -0.05) is 47.7 Å². The van der Waals surface area contributed by atoms with Gasteiger partial charge in [-0.15, -0.1) is 0 Å². The van der Waals surface area contributed by atoms with E-state index in [2.05, 4.69) is 18.0 Å². The third-order valence-electron chi connectivity index (χ3n) is 5.74. The zero-order chi connectivity index (χ0) is 22.8. The van der Waals surface area contributed by atoms with Gasteiger partial charge in [-0.2, -0.15) is 0 Å². The Morgan fingerprint density at radius 1 is 1.12 bits per heavy atom. The van der Waals surface area contributed by atoms with E-state index in [9.17, 15) is 4.79 Å². The Morgan fingerprint density at radius 2 is 1.97 bits per heavy atom. The minimum Gasteiger partial charge on any atom is -0.494 e. The van der Waals surface area contributed by atoms with Crippen molar-refractivity contribution in [1.29, 1.82) is 0 Å². The second kappa shape index (κ2) is 9.03. The van der Waals surface area contributed by atoms with Crippen molar-refractivity contribution in [2.45, 2.75) is 19.9 Å². The maximum atomic E-state index is 13.7. The van der Waals surface area contributed by atoms with E-state index in [1.54, 1.807) is 24.5 Å². The van der Waals surface area contributed by atoms with Gasteiger partial charge in [0.25, 0.3) is 5.91 Å². The maximum absolute atomic E-state index is 13.7. The number of hydrogen-bond donors (Lipinski definition) is 0. The monoisotopic (exact) mass is 456 g/mol. The maximum Gasteiger partial charge on any atom is 0.260 e. The predicted octanol–water partition coefficient (Wildman–Crippen LogP) is 5.70. The summed E-state index contributed by atoms with van der Waals surface area (Å²) in [6.07, 6.45) is 6.27. The van der Waals surface area contributed by atoms with E-state index in [0.717, 1.165) is 45.3 Å². The molecule has 0 radical (unpaired) electrons. The summed E-state index contributed by atoms with van der Waals surface area (Å²) < 4.78 is 8.58. The van der Waals surface area contributed by atoms with Crippen molar-refractivity contribution in [2.24, 2.45) is 0 Å². The van der Waals surface area contributed by atoms with Crippen molar-refractivity contribution in [3.8, 4) is 5.75 Å². The molecular formula is C26H24N4O2S. The number of carbonyl (C=O) groups excluding carboxylic acids is 1. The van der Waals surface area contributed by atoms with Crippen LogP contribution in [0.15, 0.2) is 73.3 Å². The number of fused-ring (bicyclic) bond motifs is 2. The molecule has 0 spiro atoms. The van der Waals surface area contributed by atoms with Crippen LogP contribution < -0.4 is 9.64 Å². The van der Waals surface area contributed by atoms with Crippen LogP contribution in [0.4, 0.5) is 5.13 Å². The fourth-order valence-corrected chi connectivity index (χ4v) is 5.05. The Hall–Kier alpha value is -3.71. The predicted molar refractivity (Wildman–Crippen MR) is 133 cm³/mol. The first-order chi connectivity index (χ1) is 16.1. The Kier molecular flexibility index (Phi) is 5.79. The number of nitrogens with zero attached hydrogens (tertiary/aromatic N) is 4. The first kappa shape index (κ1) is 21.2. The van der Waals surface area contributed by atoms with Gasteiger partial charge in [0, 0.05) is 31.0 Å². The Bertz CT molecular complexity index is 1430. The minimum atomic E-state index is -0.0536. The number of ether oxygens (including phenoxy) is 1. The summed E-state index contributed by atoms with van der Waals surface area (Å²) in [5.74, 6) is 0.664. The van der Waals surface area contributed by atoms with Crippen LogP contribution >= 0.6 is 11.3 Å². The molecule has 166 valence electrons. The van der Waals surface area contributed by atoms with Crippen molar-refractivity contribution in [1.82, 2.24) is 14.5 Å². The highest BCUT2D eigenvalue weighted by Crippen LogP contribution is 2.37. The van der Waals surface area contributed by atoms with Crippen molar-refractivity contribution in [2.75, 3.05) is 18.6 Å². The molecule has 33 heavy (non-hydrogen) atoms. The summed E-state index contributed by atoms with van der Waals surface area (Å²) in [7, 11) is 1.65. The number of benzene rings is 3. The molecule has 2 heterocycles. The molecule has 0 aliphatic heterocycles. The van der Waals surface area contributed by atoms with Crippen LogP contribution in [0.25, 0.3) is 21.0 Å². The van der Waals surface area contributed by atoms with Gasteiger partial charge in [-0.25, -0.2) is 9.97 Å². The third-order valence-corrected chi connectivity index (χ3v) is 6.96. The standard InChI is InChI=1S/C26H24N4O2S/c1-18-8-11-22(32-2)23-24(18)33-26(28-23)30(14-5-13-29-15-12-27-17-29)25(31)21-10-9-19-6-3-4-7-20(19)16-21/h3-4,6-12,15-17H,5,13-14H2,1-2H3. The molecule has 5 aromatic rings. The lowest BCUT2D eigenvalue weighted by Crippen LogP contribution is -2.32. The molecule has 1 amide bonds. The second-order valence-electron chi connectivity index (χ2n) is 7.93. The number of hydrogen-bond acceptors (Lipinski definition) is 5. The lowest BCUT2D eigenvalue weighted by atomic mass is 10.1. The van der Waals surface area contributed by atoms with E-state index in [1.807, 2.05) is 59.3 Å². The Balaban J connectivity index is 1.52. The molecule has 0 saturated carbocycles. The fraction of sp³-hybridized carbons (Fsp3) is 0.192. The van der Waals surface area contributed by atoms with Crippen LogP contribution in [0, 0.1) is 6.92 Å². The molecular weight excluding hydrogens is 432 g/mol. The number of aryl methyl sites for hydroxylation is 2. The summed E-state index contributed by atoms with van der Waals surface area (Å²) in [6, 6.07) is 17.9. The number of thiazole rings is 1. The molecule has 0 atom stereocenters. The molecule has 5 rings (SSSR count). The SMILES string of the molecule is COc1ccc(C)c2sc(N(CCCn3ccnc3)C(=O)c3ccc4ccccc4c3)nc12. The summed E-state index contributed by atoms with van der Waals surface area (Å²) in [6.45, 7) is 3.37. The zero-order valence-corrected chi connectivity index (χ0v) is 19.4. The number of rotatable bonds is 7. The lowest BCUT2D eigenvalue weighted by Gasteiger charge is -2.20. The smallest absolute Gasteiger partial charge is 0.260 e. The van der Waals surface area contributed by atoms with Crippen LogP contribution in [0.2, 0.25) is 0 Å². The summed E-state index contributed by atoms with van der Waals surface area (Å²) >= 11 is 1.53. The molecule has 0 aliphatic carbocycles. The molecule has 0 fully saturated rings. The van der Waals surface area contributed by atoms with Crippen molar-refractivity contribution >= 4 is 43.4 Å². The van der Waals surface area contributed by atoms with E-state index in [4.69, 9.17) is 9.72 Å². The molecule has 0 N–H and O–H groups in total. The first-order valence-electron chi connectivity index (χ1n) is 10.8. The van der Waals surface area contributed by atoms with Crippen LogP contribution in [0.1, 0.15) is 22.3 Å². The summed E-state index contributed by atoms with van der Waals surface area (Å²) in [5.41, 5.74) is 2.56. The van der Waals surface area contributed by atoms with Crippen LogP contribution in [-0.4, -0.2) is 34.1 Å². The summed E-state index contributed by atoms with van der Waals surface area (Å²) in [4.78, 5) is 24.5. The van der Waals surface area contributed by atoms with E-state index in [0.29, 0.717) is 17.2 Å². The number of carbonyl (C=O) groups is 1. The molecule has 0 unspecified atom stereocenters. The number of anilines is 1. The van der Waals surface area contributed by atoms with Gasteiger partial charge in [-0.05, 0) is 47.9 Å². The number of aromatic nitrogens is 3. The molecule has 0 aliphatic rings. The molecule has 7 heteroatoms. The average molecular weight is 457 g/mol. The van der Waals surface area contributed by atoms with Crippen LogP contribution in [0.5, 0.6) is 5.75 Å². The van der Waals surface area contributed by atoms with Gasteiger partial charge >= 0.3 is 0 Å². The Morgan fingerprint density at radius 3 is 2.76 bits per heavy atom. The number of imidazole rings is 1. The largest absolute Gasteiger partial charge is 0.494 e. The van der Waals surface area contributed by atoms with Crippen molar-refractivity contribution in [3.05, 3.63) is 84.4 Å². The molecule has 0 saturated heterocycles. The quantitative estimate of drug-likeness (QED) is 0.315. The lowest BCUT2D eigenvalue weighted by molar-refractivity contribution is 0.0986. The van der Waals surface area contributed by atoms with E-state index in [1.165, 1.54) is 11.3 Å². The second-order valence-corrected chi connectivity index (χ2v) is 8.91. The van der Waals surface area contributed by atoms with Crippen molar-refractivity contribution < 1.29 is 9.53 Å². The van der Waals surface area contributed by atoms with Gasteiger partial charge in [-0.3, -0.25) is 9.69 Å². The molecule has 6 nitrogen and oxygen atoms in total. The van der Waals surface area contributed by atoms with E-state index >= 15 is 0 Å². The van der Waals surface area contributed by atoms with Gasteiger partial charge < -0.3 is 9.30 Å². The van der Waals surface area contributed by atoms with Gasteiger partial charge in [0.15, 0.2) is 5.13 Å². The van der Waals surface area contributed by atoms with Crippen LogP contribution in [0.3, 0.4) is 0 Å². The normalized spacial score (nSPS) is 11.2. The average Bonchev–Trinajstić information content (AvgIpc) is 3.52. The topological polar surface area (TPSA) is 60.2 Å². The van der Waals surface area contributed by atoms with E-state index < -0.39 is 0 Å². The van der Waals surface area contributed by atoms with E-state index in [-0.39, 0.29) is 5.91 Å². The van der Waals surface area contributed by atoms with Gasteiger partial charge in [0.2, 0.25) is 0 Å². The van der Waals surface area contributed by atoms with Gasteiger partial charge in [0.1, 0.15) is 11.3 Å². The minimum absolute atomic E-state index is 0.0536. The number of amides is 1. The zero-order valence-electron chi connectivity index (χ0n) is 18.6. The fourth-order valence-electron chi connectivity index (χ4n) is 3.97. The highest BCUT2D eigenvalue weighted by molar-refractivity contribution is 7.22. The highest BCUT2D eigenvalue weighted by atomic mass is 32.1. The highest BCUT2D eigenvalue weighted by Gasteiger charge is 2.23. The number of methoxy groups -OCH3 is 1. The van der Waals surface area contributed by atoms with Crippen LogP contribution in [-0.2, 0) is 6.54 Å². The third kappa shape index (κ3) is 4.19. The first-order valence-corrected chi connectivity index (χ1v) is 11.7. The molecule has 0 bridgehead atoms. The summed E-state index contributed by atoms with van der Waals surface area (Å²) in [5, 5.41) is 2.84. The molecule has 2 aromatic heterocycles.